The number of aliphatic hydroxyl groups excluding tert-OH is 1. The van der Waals surface area contributed by atoms with E-state index in [4.69, 9.17) is 19.3 Å². The van der Waals surface area contributed by atoms with Gasteiger partial charge in [0, 0.05) is 34.6 Å². The van der Waals surface area contributed by atoms with Crippen LogP contribution in [0.25, 0.3) is 21.3 Å². The molecular weight excluding hydrogens is 499 g/mol. The number of carbonyl (C=O) groups is 2. The molecule has 8 nitrogen and oxygen atoms in total. The first-order chi connectivity index (χ1) is 18.0. The summed E-state index contributed by atoms with van der Waals surface area (Å²) in [6.07, 6.45) is 0. The van der Waals surface area contributed by atoms with Gasteiger partial charge in [-0.1, -0.05) is 18.2 Å². The average Bonchev–Trinajstić information content (AvgIpc) is 3.36. The van der Waals surface area contributed by atoms with Crippen LogP contribution in [0.15, 0.2) is 53.9 Å². The van der Waals surface area contributed by atoms with Gasteiger partial charge in [0.1, 0.15) is 18.1 Å². The number of ketones is 1. The number of pyridine rings is 1. The molecule has 0 bridgehead atoms. The second-order valence-corrected chi connectivity index (χ2v) is 8.83. The van der Waals surface area contributed by atoms with Gasteiger partial charge in [-0.15, -0.1) is 11.3 Å². The molecule has 2 heterocycles. The molecule has 2 aromatic carbocycles. The number of Topliss-reactive ketones (excluding diaryl/α,β-unsaturated/α-hetero) is 1. The van der Waals surface area contributed by atoms with Crippen LogP contribution in [0.4, 0.5) is 4.39 Å². The zero-order valence-corrected chi connectivity index (χ0v) is 21.1. The second-order valence-electron chi connectivity index (χ2n) is 7.95. The fraction of sp³-hybridized carbons (Fsp3) is 0.222. The lowest BCUT2D eigenvalue weighted by atomic mass is 10.0. The van der Waals surface area contributed by atoms with E-state index in [9.17, 15) is 14.0 Å². The van der Waals surface area contributed by atoms with Crippen LogP contribution in [-0.2, 0) is 11.3 Å². The first-order valence-corrected chi connectivity index (χ1v) is 12.2. The molecule has 0 aliphatic heterocycles. The summed E-state index contributed by atoms with van der Waals surface area (Å²) >= 11 is 1.27. The van der Waals surface area contributed by atoms with Crippen molar-refractivity contribution in [3.63, 3.8) is 0 Å². The SMILES string of the molecule is COCc1ccc(C(=O)CNC(=O)c2ccc(OCCO)c(OC)c2)nc1-c1csc2c(F)cccc12. The standard InChI is InChI=1S/C27H25FN2O6S/c1-34-14-17-6-8-21(30-25(17)19-15-37-26-18(19)4-3-5-20(26)28)22(32)13-29-27(33)16-7-9-23(36-11-10-31)24(12-16)35-2/h3-9,12,15,31H,10-11,13-14H2,1-2H3,(H,29,33). The zero-order chi connectivity index (χ0) is 26.4. The topological polar surface area (TPSA) is 107 Å². The molecule has 37 heavy (non-hydrogen) atoms. The van der Waals surface area contributed by atoms with Crippen LogP contribution < -0.4 is 14.8 Å². The number of amides is 1. The van der Waals surface area contributed by atoms with Gasteiger partial charge in [0.2, 0.25) is 0 Å². The molecule has 1 amide bonds. The summed E-state index contributed by atoms with van der Waals surface area (Å²) < 4.78 is 30.7. The predicted octanol–water partition coefficient (Wildman–Crippen LogP) is 4.24. The minimum atomic E-state index is -0.476. The second kappa shape index (κ2) is 11.9. The van der Waals surface area contributed by atoms with Crippen molar-refractivity contribution >= 4 is 33.1 Å². The highest BCUT2D eigenvalue weighted by atomic mass is 32.1. The van der Waals surface area contributed by atoms with Crippen LogP contribution in [0, 0.1) is 5.82 Å². The maximum absolute atomic E-state index is 14.3. The Kier molecular flexibility index (Phi) is 8.44. The Morgan fingerprint density at radius 1 is 1.11 bits per heavy atom. The van der Waals surface area contributed by atoms with Crippen LogP contribution in [0.3, 0.4) is 0 Å². The summed E-state index contributed by atoms with van der Waals surface area (Å²) in [6, 6.07) is 12.8. The molecular formula is C27H25FN2O6S. The molecule has 0 saturated heterocycles. The van der Waals surface area contributed by atoms with E-state index in [0.29, 0.717) is 32.8 Å². The number of aromatic nitrogens is 1. The highest BCUT2D eigenvalue weighted by Gasteiger charge is 2.18. The van der Waals surface area contributed by atoms with Crippen LogP contribution >= 0.6 is 11.3 Å². The molecule has 0 radical (unpaired) electrons. The summed E-state index contributed by atoms with van der Waals surface area (Å²) in [4.78, 5) is 30.2. The van der Waals surface area contributed by atoms with Crippen molar-refractivity contribution in [3.8, 4) is 22.8 Å². The van der Waals surface area contributed by atoms with Gasteiger partial charge >= 0.3 is 0 Å². The molecule has 4 aromatic rings. The average molecular weight is 525 g/mol. The number of thiophene rings is 1. The van der Waals surface area contributed by atoms with E-state index < -0.39 is 5.91 Å². The number of nitrogens with one attached hydrogen (secondary N) is 1. The highest BCUT2D eigenvalue weighted by molar-refractivity contribution is 7.17. The van der Waals surface area contributed by atoms with Gasteiger partial charge in [-0.2, -0.15) is 0 Å². The normalized spacial score (nSPS) is 10.9. The smallest absolute Gasteiger partial charge is 0.251 e. The van der Waals surface area contributed by atoms with E-state index in [0.717, 1.165) is 5.56 Å². The third-order valence-electron chi connectivity index (χ3n) is 5.56. The van der Waals surface area contributed by atoms with Crippen LogP contribution in [0.5, 0.6) is 11.5 Å². The molecule has 0 fully saturated rings. The van der Waals surface area contributed by atoms with Crippen LogP contribution in [0.2, 0.25) is 0 Å². The van der Waals surface area contributed by atoms with Crippen molar-refractivity contribution in [2.75, 3.05) is 34.0 Å². The monoisotopic (exact) mass is 524 g/mol. The number of halogens is 1. The van der Waals surface area contributed by atoms with Gasteiger partial charge in [-0.25, -0.2) is 9.37 Å². The molecule has 0 aliphatic carbocycles. The Balaban J connectivity index is 1.54. The first-order valence-electron chi connectivity index (χ1n) is 11.3. The Bertz CT molecular complexity index is 1440. The summed E-state index contributed by atoms with van der Waals surface area (Å²) in [6.45, 7) is -0.0844. The quantitative estimate of drug-likeness (QED) is 0.283. The minimum Gasteiger partial charge on any atom is -0.493 e. The van der Waals surface area contributed by atoms with Crippen molar-refractivity contribution in [2.45, 2.75) is 6.61 Å². The molecule has 2 N–H and O–H groups in total. The number of hydrogen-bond acceptors (Lipinski definition) is 8. The van der Waals surface area contributed by atoms with Crippen LogP contribution in [-0.4, -0.2) is 55.8 Å². The Labute approximate surface area is 216 Å². The molecule has 0 aliphatic rings. The van der Waals surface area contributed by atoms with Crippen molar-refractivity contribution in [1.82, 2.24) is 10.3 Å². The van der Waals surface area contributed by atoms with Gasteiger partial charge in [-0.05, 0) is 30.3 Å². The van der Waals surface area contributed by atoms with Gasteiger partial charge < -0.3 is 24.6 Å². The van der Waals surface area contributed by atoms with Gasteiger partial charge in [-0.3, -0.25) is 9.59 Å². The van der Waals surface area contributed by atoms with Gasteiger partial charge in [0.25, 0.3) is 5.91 Å². The molecule has 0 unspecified atom stereocenters. The number of nitrogens with zero attached hydrogens (tertiary/aromatic N) is 1. The Morgan fingerprint density at radius 3 is 2.70 bits per heavy atom. The zero-order valence-electron chi connectivity index (χ0n) is 20.2. The fourth-order valence-electron chi connectivity index (χ4n) is 3.79. The summed E-state index contributed by atoms with van der Waals surface area (Å²) in [5, 5.41) is 14.1. The first kappa shape index (κ1) is 26.2. The van der Waals surface area contributed by atoms with E-state index >= 15 is 0 Å². The number of carbonyl (C=O) groups excluding carboxylic acids is 2. The van der Waals surface area contributed by atoms with E-state index in [-0.39, 0.29) is 49.2 Å². The molecule has 2 aromatic heterocycles. The van der Waals surface area contributed by atoms with Crippen molar-refractivity contribution in [1.29, 1.82) is 0 Å². The Morgan fingerprint density at radius 2 is 1.95 bits per heavy atom. The van der Waals surface area contributed by atoms with Gasteiger partial charge in [0.05, 0.1) is 37.3 Å². The number of benzene rings is 2. The number of aliphatic hydroxyl groups is 1. The largest absolute Gasteiger partial charge is 0.493 e. The lowest BCUT2D eigenvalue weighted by Gasteiger charge is -2.12. The number of ether oxygens (including phenoxy) is 3. The van der Waals surface area contributed by atoms with Crippen molar-refractivity contribution in [3.05, 3.63) is 76.5 Å². The number of rotatable bonds is 11. The lowest BCUT2D eigenvalue weighted by molar-refractivity contribution is 0.0902. The van der Waals surface area contributed by atoms with Gasteiger partial charge in [0.15, 0.2) is 17.3 Å². The van der Waals surface area contributed by atoms with E-state index in [1.807, 2.05) is 11.4 Å². The highest BCUT2D eigenvalue weighted by Crippen LogP contribution is 2.36. The fourth-order valence-corrected chi connectivity index (χ4v) is 4.75. The third-order valence-corrected chi connectivity index (χ3v) is 6.56. The molecule has 10 heteroatoms. The minimum absolute atomic E-state index is 0.0880. The number of fused-ring (bicyclic) bond motifs is 1. The Hall–Kier alpha value is -3.86. The number of methoxy groups -OCH3 is 2. The third kappa shape index (κ3) is 5.77. The number of hydrogen-bond donors (Lipinski definition) is 2. The molecule has 0 atom stereocenters. The maximum atomic E-state index is 14.3. The summed E-state index contributed by atoms with van der Waals surface area (Å²) in [5.41, 5.74) is 2.43. The van der Waals surface area contributed by atoms with Crippen molar-refractivity contribution < 1.29 is 33.3 Å². The lowest BCUT2D eigenvalue weighted by Crippen LogP contribution is -2.30. The molecule has 4 rings (SSSR count). The van der Waals surface area contributed by atoms with Crippen LogP contribution in [0.1, 0.15) is 26.4 Å². The van der Waals surface area contributed by atoms with E-state index in [1.54, 1.807) is 31.4 Å². The van der Waals surface area contributed by atoms with Crippen molar-refractivity contribution in [2.24, 2.45) is 0 Å². The molecule has 0 saturated carbocycles. The van der Waals surface area contributed by atoms with E-state index in [1.165, 1.54) is 36.6 Å². The van der Waals surface area contributed by atoms with E-state index in [2.05, 4.69) is 10.3 Å². The maximum Gasteiger partial charge on any atom is 0.251 e. The molecule has 192 valence electrons. The predicted molar refractivity (Wildman–Crippen MR) is 138 cm³/mol. The summed E-state index contributed by atoms with van der Waals surface area (Å²) in [5.74, 6) is -0.471. The summed E-state index contributed by atoms with van der Waals surface area (Å²) in [7, 11) is 3.00. The molecule has 0 spiro atoms.